The molecule has 0 unspecified atom stereocenters. The zero-order chi connectivity index (χ0) is 21.1. The van der Waals surface area contributed by atoms with Crippen LogP contribution in [0.25, 0.3) is 22.2 Å². The van der Waals surface area contributed by atoms with Crippen molar-refractivity contribution in [2.24, 2.45) is 0 Å². The Hall–Kier alpha value is -3.46. The van der Waals surface area contributed by atoms with Crippen LogP contribution in [0, 0.1) is 0 Å². The number of pyridine rings is 1. The number of hydrogen-bond donors (Lipinski definition) is 1. The second kappa shape index (κ2) is 8.11. The molecule has 0 bridgehead atoms. The average Bonchev–Trinajstić information content (AvgIpc) is 3.37. The van der Waals surface area contributed by atoms with E-state index in [9.17, 15) is 18.0 Å². The number of benzene rings is 1. The number of hydrogen-bond acceptors (Lipinski definition) is 4. The van der Waals surface area contributed by atoms with Gasteiger partial charge in [-0.2, -0.15) is 13.2 Å². The van der Waals surface area contributed by atoms with Gasteiger partial charge in [0.25, 0.3) is 0 Å². The molecule has 5 nitrogen and oxygen atoms in total. The van der Waals surface area contributed by atoms with Crippen molar-refractivity contribution in [2.75, 3.05) is 0 Å². The van der Waals surface area contributed by atoms with E-state index in [-0.39, 0.29) is 23.9 Å². The van der Waals surface area contributed by atoms with Crippen LogP contribution < -0.4 is 5.32 Å². The normalized spacial score (nSPS) is 12.0. The minimum atomic E-state index is -4.47. The molecule has 3 aromatic heterocycles. The smallest absolute Gasteiger partial charge is 0.345 e. The van der Waals surface area contributed by atoms with Crippen molar-refractivity contribution in [3.05, 3.63) is 83.1 Å². The molecule has 0 fully saturated rings. The fourth-order valence-corrected chi connectivity index (χ4v) is 3.73. The molecule has 0 saturated heterocycles. The summed E-state index contributed by atoms with van der Waals surface area (Å²) < 4.78 is 39.9. The molecule has 0 spiro atoms. The van der Waals surface area contributed by atoms with Crippen LogP contribution in [0.2, 0.25) is 0 Å². The maximum Gasteiger partial charge on any atom is 0.417 e. The molecule has 0 radical (unpaired) electrons. The Morgan fingerprint density at radius 1 is 1.07 bits per heavy atom. The quantitative estimate of drug-likeness (QED) is 0.464. The van der Waals surface area contributed by atoms with E-state index >= 15 is 0 Å². The van der Waals surface area contributed by atoms with Crippen molar-refractivity contribution >= 4 is 29.0 Å². The molecule has 0 aliphatic rings. The number of nitrogens with zero attached hydrogens (tertiary/aromatic N) is 3. The SMILES string of the molecule is O=C(C=Cc1ccc(-c2ccccc2)s1)NCc1nnc2ccc(C(F)(F)F)cn12. The summed E-state index contributed by atoms with van der Waals surface area (Å²) in [6.45, 7) is -0.0502. The third kappa shape index (κ3) is 4.41. The Kier molecular flexibility index (Phi) is 5.37. The van der Waals surface area contributed by atoms with E-state index in [2.05, 4.69) is 15.5 Å². The summed E-state index contributed by atoms with van der Waals surface area (Å²) in [6.07, 6.45) is -0.481. The zero-order valence-corrected chi connectivity index (χ0v) is 16.2. The van der Waals surface area contributed by atoms with Crippen molar-refractivity contribution in [2.45, 2.75) is 12.7 Å². The van der Waals surface area contributed by atoms with Crippen molar-refractivity contribution < 1.29 is 18.0 Å². The van der Waals surface area contributed by atoms with Gasteiger partial charge in [0.05, 0.1) is 12.1 Å². The minimum absolute atomic E-state index is 0.0502. The molecule has 9 heteroatoms. The first-order chi connectivity index (χ1) is 14.4. The highest BCUT2D eigenvalue weighted by atomic mass is 32.1. The van der Waals surface area contributed by atoms with Crippen LogP contribution >= 0.6 is 11.3 Å². The molecular formula is C21H15F3N4OS. The lowest BCUT2D eigenvalue weighted by Crippen LogP contribution is -2.21. The topological polar surface area (TPSA) is 59.3 Å². The van der Waals surface area contributed by atoms with E-state index in [0.717, 1.165) is 27.6 Å². The van der Waals surface area contributed by atoms with Gasteiger partial charge in [0.1, 0.15) is 0 Å². The van der Waals surface area contributed by atoms with Crippen molar-refractivity contribution in [3.63, 3.8) is 0 Å². The van der Waals surface area contributed by atoms with Crippen LogP contribution in [0.5, 0.6) is 0 Å². The van der Waals surface area contributed by atoms with Crippen LogP contribution in [0.4, 0.5) is 13.2 Å². The average molecular weight is 428 g/mol. The van der Waals surface area contributed by atoms with Crippen LogP contribution in [-0.4, -0.2) is 20.5 Å². The number of carbonyl (C=O) groups is 1. The van der Waals surface area contributed by atoms with Crippen molar-refractivity contribution in [1.29, 1.82) is 0 Å². The van der Waals surface area contributed by atoms with E-state index in [4.69, 9.17) is 0 Å². The fourth-order valence-electron chi connectivity index (χ4n) is 2.81. The molecule has 0 saturated carbocycles. The monoisotopic (exact) mass is 428 g/mol. The van der Waals surface area contributed by atoms with Crippen LogP contribution in [0.1, 0.15) is 16.3 Å². The highest BCUT2D eigenvalue weighted by molar-refractivity contribution is 7.16. The van der Waals surface area contributed by atoms with Gasteiger partial charge in [-0.25, -0.2) is 0 Å². The van der Waals surface area contributed by atoms with Crippen molar-refractivity contribution in [1.82, 2.24) is 19.9 Å². The Balaban J connectivity index is 1.41. The Morgan fingerprint density at radius 2 is 1.87 bits per heavy atom. The van der Waals surface area contributed by atoms with E-state index in [1.165, 1.54) is 16.5 Å². The van der Waals surface area contributed by atoms with E-state index in [0.29, 0.717) is 0 Å². The minimum Gasteiger partial charge on any atom is -0.345 e. The maximum absolute atomic E-state index is 12.9. The molecule has 1 aromatic carbocycles. The summed E-state index contributed by atoms with van der Waals surface area (Å²) in [6, 6.07) is 16.0. The van der Waals surface area contributed by atoms with Gasteiger partial charge in [-0.1, -0.05) is 30.3 Å². The van der Waals surface area contributed by atoms with E-state index < -0.39 is 11.7 Å². The Bertz CT molecular complexity index is 1210. The van der Waals surface area contributed by atoms with Gasteiger partial charge in [-0.15, -0.1) is 21.5 Å². The third-order valence-electron chi connectivity index (χ3n) is 4.31. The summed E-state index contributed by atoms with van der Waals surface area (Å²) in [5.74, 6) is -0.172. The first-order valence-electron chi connectivity index (χ1n) is 8.92. The number of nitrogens with one attached hydrogen (secondary N) is 1. The lowest BCUT2D eigenvalue weighted by Gasteiger charge is -2.07. The first-order valence-corrected chi connectivity index (χ1v) is 9.74. The van der Waals surface area contributed by atoms with Crippen molar-refractivity contribution in [3.8, 4) is 10.4 Å². The number of amides is 1. The molecule has 0 aliphatic heterocycles. The molecule has 30 heavy (non-hydrogen) atoms. The number of aromatic nitrogens is 3. The summed E-state index contributed by atoms with van der Waals surface area (Å²) in [5.41, 5.74) is 0.563. The molecule has 1 N–H and O–H groups in total. The highest BCUT2D eigenvalue weighted by Crippen LogP contribution is 2.29. The predicted octanol–water partition coefficient (Wildman–Crippen LogP) is 4.81. The second-order valence-corrected chi connectivity index (χ2v) is 7.49. The predicted molar refractivity (Wildman–Crippen MR) is 109 cm³/mol. The number of fused-ring (bicyclic) bond motifs is 1. The maximum atomic E-state index is 12.9. The molecule has 4 rings (SSSR count). The van der Waals surface area contributed by atoms with E-state index in [1.54, 1.807) is 17.4 Å². The molecule has 0 aliphatic carbocycles. The fraction of sp³-hybridized carbons (Fsp3) is 0.0952. The third-order valence-corrected chi connectivity index (χ3v) is 5.40. The van der Waals surface area contributed by atoms with Gasteiger partial charge in [0.2, 0.25) is 5.91 Å². The van der Waals surface area contributed by atoms with Gasteiger partial charge < -0.3 is 5.32 Å². The Labute approximate surface area is 173 Å². The molecule has 0 atom stereocenters. The Morgan fingerprint density at radius 3 is 2.63 bits per heavy atom. The summed E-state index contributed by atoms with van der Waals surface area (Å²) >= 11 is 1.55. The van der Waals surface area contributed by atoms with Gasteiger partial charge in [-0.05, 0) is 35.9 Å². The van der Waals surface area contributed by atoms with Gasteiger partial charge >= 0.3 is 6.18 Å². The number of alkyl halides is 3. The van der Waals surface area contributed by atoms with Crippen LogP contribution in [-0.2, 0) is 17.5 Å². The summed E-state index contributed by atoms with van der Waals surface area (Å²) in [4.78, 5) is 14.1. The van der Waals surface area contributed by atoms with Gasteiger partial charge in [0, 0.05) is 22.0 Å². The molecule has 152 valence electrons. The molecule has 4 aromatic rings. The largest absolute Gasteiger partial charge is 0.417 e. The zero-order valence-electron chi connectivity index (χ0n) is 15.4. The molecule has 1 amide bonds. The number of thiophene rings is 1. The number of halogens is 3. The van der Waals surface area contributed by atoms with Gasteiger partial charge in [0.15, 0.2) is 11.5 Å². The van der Waals surface area contributed by atoms with Crippen LogP contribution in [0.15, 0.2) is 66.9 Å². The first kappa shape index (κ1) is 19.8. The molecule has 3 heterocycles. The van der Waals surface area contributed by atoms with Crippen LogP contribution in [0.3, 0.4) is 0 Å². The summed E-state index contributed by atoms with van der Waals surface area (Å²) in [5, 5.41) is 10.3. The lowest BCUT2D eigenvalue weighted by atomic mass is 10.2. The molecular weight excluding hydrogens is 413 g/mol. The highest BCUT2D eigenvalue weighted by Gasteiger charge is 2.31. The van der Waals surface area contributed by atoms with E-state index in [1.807, 2.05) is 42.5 Å². The standard InChI is InChI=1S/C21H15F3N4OS/c22-21(23,24)15-6-10-18-26-27-19(28(18)13-15)12-25-20(29)11-8-16-7-9-17(30-16)14-4-2-1-3-5-14/h1-11,13H,12H2,(H,25,29). The van der Waals surface area contributed by atoms with Gasteiger partial charge in [-0.3, -0.25) is 9.20 Å². The number of carbonyl (C=O) groups excluding carboxylic acids is 1. The number of rotatable bonds is 5. The second-order valence-electron chi connectivity index (χ2n) is 6.38. The summed E-state index contributed by atoms with van der Waals surface area (Å²) in [7, 11) is 0. The lowest BCUT2D eigenvalue weighted by molar-refractivity contribution is -0.137.